The van der Waals surface area contributed by atoms with Gasteiger partial charge in [-0.2, -0.15) is 0 Å². The standard InChI is InChI=1S/C16H26N2O3/c1-18(16(19)13-17-10-12-20-2)11-4-5-14-6-8-15(21-3)9-7-14/h6-9,17H,4-5,10-13H2,1-3H3. The number of likely N-dealkylation sites (N-methyl/N-ethyl adjacent to an activating group) is 1. The number of rotatable bonds is 10. The van der Waals surface area contributed by atoms with E-state index in [1.165, 1.54) is 5.56 Å². The zero-order valence-electron chi connectivity index (χ0n) is 13.2. The van der Waals surface area contributed by atoms with Crippen molar-refractivity contribution in [2.45, 2.75) is 12.8 Å². The van der Waals surface area contributed by atoms with Gasteiger partial charge < -0.3 is 19.7 Å². The molecule has 5 heteroatoms. The molecule has 0 radical (unpaired) electrons. The van der Waals surface area contributed by atoms with Crippen LogP contribution in [0.25, 0.3) is 0 Å². The van der Waals surface area contributed by atoms with E-state index >= 15 is 0 Å². The van der Waals surface area contributed by atoms with Gasteiger partial charge in [-0.05, 0) is 30.5 Å². The first-order valence-corrected chi connectivity index (χ1v) is 7.24. The zero-order valence-corrected chi connectivity index (χ0v) is 13.2. The number of benzene rings is 1. The van der Waals surface area contributed by atoms with Gasteiger partial charge in [0.1, 0.15) is 5.75 Å². The van der Waals surface area contributed by atoms with Crippen LogP contribution in [0.4, 0.5) is 0 Å². The lowest BCUT2D eigenvalue weighted by atomic mass is 10.1. The van der Waals surface area contributed by atoms with E-state index in [0.717, 1.165) is 25.1 Å². The Labute approximate surface area is 127 Å². The molecule has 1 amide bonds. The summed E-state index contributed by atoms with van der Waals surface area (Å²) in [5, 5.41) is 3.06. The lowest BCUT2D eigenvalue weighted by Crippen LogP contribution is -2.37. The molecule has 0 spiro atoms. The van der Waals surface area contributed by atoms with Crippen LogP contribution in [0.2, 0.25) is 0 Å². The Morgan fingerprint density at radius 2 is 1.95 bits per heavy atom. The molecule has 0 aliphatic rings. The average Bonchev–Trinajstić information content (AvgIpc) is 2.52. The van der Waals surface area contributed by atoms with E-state index in [9.17, 15) is 4.79 Å². The number of carbonyl (C=O) groups is 1. The number of nitrogens with one attached hydrogen (secondary N) is 1. The Hall–Kier alpha value is -1.59. The highest BCUT2D eigenvalue weighted by Crippen LogP contribution is 2.12. The summed E-state index contributed by atoms with van der Waals surface area (Å²) < 4.78 is 10.0. The normalized spacial score (nSPS) is 10.4. The van der Waals surface area contributed by atoms with Crippen LogP contribution in [-0.2, 0) is 16.0 Å². The number of carbonyl (C=O) groups excluding carboxylic acids is 1. The van der Waals surface area contributed by atoms with Gasteiger partial charge in [-0.3, -0.25) is 4.79 Å². The van der Waals surface area contributed by atoms with Crippen LogP contribution in [0, 0.1) is 0 Å². The average molecular weight is 294 g/mol. The molecule has 0 unspecified atom stereocenters. The molecule has 0 heterocycles. The van der Waals surface area contributed by atoms with Crippen molar-refractivity contribution < 1.29 is 14.3 Å². The van der Waals surface area contributed by atoms with Crippen LogP contribution in [0.5, 0.6) is 5.75 Å². The van der Waals surface area contributed by atoms with E-state index in [0.29, 0.717) is 19.7 Å². The maximum atomic E-state index is 11.8. The van der Waals surface area contributed by atoms with E-state index < -0.39 is 0 Å². The molecule has 118 valence electrons. The maximum Gasteiger partial charge on any atom is 0.236 e. The summed E-state index contributed by atoms with van der Waals surface area (Å²) in [7, 11) is 5.15. The molecular formula is C16H26N2O3. The van der Waals surface area contributed by atoms with Gasteiger partial charge in [0.15, 0.2) is 0 Å². The minimum atomic E-state index is 0.112. The van der Waals surface area contributed by atoms with Crippen LogP contribution in [-0.4, -0.2) is 58.3 Å². The van der Waals surface area contributed by atoms with Crippen molar-refractivity contribution in [2.75, 3.05) is 47.5 Å². The fourth-order valence-electron chi connectivity index (χ4n) is 1.94. The molecule has 1 aromatic rings. The molecule has 0 aliphatic heterocycles. The van der Waals surface area contributed by atoms with Gasteiger partial charge >= 0.3 is 0 Å². The van der Waals surface area contributed by atoms with Crippen molar-refractivity contribution in [3.63, 3.8) is 0 Å². The summed E-state index contributed by atoms with van der Waals surface area (Å²) in [5.41, 5.74) is 1.26. The molecule has 0 saturated heterocycles. The van der Waals surface area contributed by atoms with E-state index in [1.54, 1.807) is 19.1 Å². The first kappa shape index (κ1) is 17.5. The Balaban J connectivity index is 2.19. The number of ether oxygens (including phenoxy) is 2. The van der Waals surface area contributed by atoms with Gasteiger partial charge in [-0.15, -0.1) is 0 Å². The third kappa shape index (κ3) is 7.11. The summed E-state index contributed by atoms with van der Waals surface area (Å²) >= 11 is 0. The third-order valence-electron chi connectivity index (χ3n) is 3.30. The van der Waals surface area contributed by atoms with Gasteiger partial charge in [-0.25, -0.2) is 0 Å². The Morgan fingerprint density at radius 1 is 1.24 bits per heavy atom. The first-order valence-electron chi connectivity index (χ1n) is 7.24. The second-order valence-electron chi connectivity index (χ2n) is 4.94. The molecule has 0 saturated carbocycles. The molecule has 0 fully saturated rings. The topological polar surface area (TPSA) is 50.8 Å². The molecule has 0 aliphatic carbocycles. The second kappa shape index (κ2) is 10.2. The summed E-state index contributed by atoms with van der Waals surface area (Å²) in [6.45, 7) is 2.44. The summed E-state index contributed by atoms with van der Waals surface area (Å²) in [6.07, 6.45) is 1.91. The summed E-state index contributed by atoms with van der Waals surface area (Å²) in [5.74, 6) is 0.981. The largest absolute Gasteiger partial charge is 0.497 e. The molecule has 5 nitrogen and oxygen atoms in total. The predicted octanol–water partition coefficient (Wildman–Crippen LogP) is 1.32. The van der Waals surface area contributed by atoms with Crippen molar-refractivity contribution >= 4 is 5.91 Å². The molecular weight excluding hydrogens is 268 g/mol. The van der Waals surface area contributed by atoms with Crippen molar-refractivity contribution in [2.24, 2.45) is 0 Å². The zero-order chi connectivity index (χ0) is 15.5. The SMILES string of the molecule is COCCNCC(=O)N(C)CCCc1ccc(OC)cc1. The van der Waals surface area contributed by atoms with Gasteiger partial charge in [-0.1, -0.05) is 12.1 Å². The summed E-state index contributed by atoms with van der Waals surface area (Å²) in [4.78, 5) is 13.6. The minimum Gasteiger partial charge on any atom is -0.497 e. The van der Waals surface area contributed by atoms with E-state index in [-0.39, 0.29) is 5.91 Å². The first-order chi connectivity index (χ1) is 10.2. The van der Waals surface area contributed by atoms with E-state index in [2.05, 4.69) is 17.4 Å². The van der Waals surface area contributed by atoms with Crippen LogP contribution in [0.3, 0.4) is 0 Å². The molecule has 0 aromatic heterocycles. The fourth-order valence-corrected chi connectivity index (χ4v) is 1.94. The molecule has 1 rings (SSSR count). The van der Waals surface area contributed by atoms with E-state index in [1.807, 2.05) is 19.2 Å². The fraction of sp³-hybridized carbons (Fsp3) is 0.562. The highest BCUT2D eigenvalue weighted by molar-refractivity contribution is 5.77. The predicted molar refractivity (Wildman–Crippen MR) is 83.7 cm³/mol. The number of hydrogen-bond donors (Lipinski definition) is 1. The highest BCUT2D eigenvalue weighted by Gasteiger charge is 2.07. The lowest BCUT2D eigenvalue weighted by Gasteiger charge is -2.17. The second-order valence-corrected chi connectivity index (χ2v) is 4.94. The minimum absolute atomic E-state index is 0.112. The van der Waals surface area contributed by atoms with Gasteiger partial charge in [0.25, 0.3) is 0 Å². The number of aryl methyl sites for hydroxylation is 1. The Bertz CT molecular complexity index is 406. The van der Waals surface area contributed by atoms with Crippen LogP contribution in [0.15, 0.2) is 24.3 Å². The van der Waals surface area contributed by atoms with Crippen molar-refractivity contribution in [1.29, 1.82) is 0 Å². The van der Waals surface area contributed by atoms with Crippen LogP contribution < -0.4 is 10.1 Å². The lowest BCUT2D eigenvalue weighted by molar-refractivity contribution is -0.129. The molecule has 21 heavy (non-hydrogen) atoms. The van der Waals surface area contributed by atoms with Gasteiger partial charge in [0.05, 0.1) is 20.3 Å². The quantitative estimate of drug-likeness (QED) is 0.661. The molecule has 0 atom stereocenters. The molecule has 0 bridgehead atoms. The molecule has 1 aromatic carbocycles. The van der Waals surface area contributed by atoms with Crippen LogP contribution >= 0.6 is 0 Å². The maximum absolute atomic E-state index is 11.8. The summed E-state index contributed by atoms with van der Waals surface area (Å²) in [6, 6.07) is 8.05. The molecule has 1 N–H and O–H groups in total. The van der Waals surface area contributed by atoms with Crippen molar-refractivity contribution in [3.05, 3.63) is 29.8 Å². The van der Waals surface area contributed by atoms with Crippen molar-refractivity contribution in [1.82, 2.24) is 10.2 Å². The smallest absolute Gasteiger partial charge is 0.236 e. The Kier molecular flexibility index (Phi) is 8.47. The number of methoxy groups -OCH3 is 2. The van der Waals surface area contributed by atoms with Crippen LogP contribution in [0.1, 0.15) is 12.0 Å². The van der Waals surface area contributed by atoms with E-state index in [4.69, 9.17) is 9.47 Å². The van der Waals surface area contributed by atoms with Gasteiger partial charge in [0.2, 0.25) is 5.91 Å². The number of nitrogens with zero attached hydrogens (tertiary/aromatic N) is 1. The number of amides is 1. The van der Waals surface area contributed by atoms with Crippen molar-refractivity contribution in [3.8, 4) is 5.75 Å². The van der Waals surface area contributed by atoms with Gasteiger partial charge in [0, 0.05) is 27.2 Å². The third-order valence-corrected chi connectivity index (χ3v) is 3.30. The highest BCUT2D eigenvalue weighted by atomic mass is 16.5. The number of hydrogen-bond acceptors (Lipinski definition) is 4. The monoisotopic (exact) mass is 294 g/mol. The Morgan fingerprint density at radius 3 is 2.57 bits per heavy atom.